The summed E-state index contributed by atoms with van der Waals surface area (Å²) in [7, 11) is 0. The third kappa shape index (κ3) is 4.33. The van der Waals surface area contributed by atoms with Crippen LogP contribution in [0, 0.1) is 0 Å². The van der Waals surface area contributed by atoms with Crippen molar-refractivity contribution < 1.29 is 13.2 Å². The van der Waals surface area contributed by atoms with Crippen molar-refractivity contribution in [1.82, 2.24) is 5.32 Å². The molecule has 4 heteroatoms. The van der Waals surface area contributed by atoms with Crippen LogP contribution in [0.25, 0.3) is 0 Å². The van der Waals surface area contributed by atoms with Gasteiger partial charge in [-0.1, -0.05) is 38.0 Å². The fourth-order valence-electron chi connectivity index (χ4n) is 1.94. The molecule has 0 aromatic heterocycles. The summed E-state index contributed by atoms with van der Waals surface area (Å²) in [6.45, 7) is 4.63. The average Bonchev–Trinajstić information content (AvgIpc) is 2.33. The van der Waals surface area contributed by atoms with Gasteiger partial charge < -0.3 is 5.32 Å². The van der Waals surface area contributed by atoms with Gasteiger partial charge in [0.05, 0.1) is 5.56 Å². The molecule has 0 aliphatic carbocycles. The molecule has 1 N–H and O–H groups in total. The summed E-state index contributed by atoms with van der Waals surface area (Å²) in [4.78, 5) is 0. The van der Waals surface area contributed by atoms with Crippen LogP contribution in [0.2, 0.25) is 0 Å². The monoisotopic (exact) mass is 259 g/mol. The van der Waals surface area contributed by atoms with Crippen LogP contribution in [0.15, 0.2) is 24.3 Å². The molecule has 0 heterocycles. The highest BCUT2D eigenvalue weighted by Crippen LogP contribution is 2.34. The Morgan fingerprint density at radius 2 is 1.83 bits per heavy atom. The predicted octanol–water partition coefficient (Wildman–Crippen LogP) is 4.55. The first-order valence-electron chi connectivity index (χ1n) is 6.36. The lowest BCUT2D eigenvalue weighted by atomic mass is 10.0. The summed E-state index contributed by atoms with van der Waals surface area (Å²) in [6, 6.07) is 5.48. The normalized spacial score (nSPS) is 13.6. The van der Waals surface area contributed by atoms with Crippen molar-refractivity contribution in [2.75, 3.05) is 6.54 Å². The Bertz CT molecular complexity index is 360. The van der Waals surface area contributed by atoms with Gasteiger partial charge in [-0.3, -0.25) is 0 Å². The summed E-state index contributed by atoms with van der Waals surface area (Å²) in [5, 5.41) is 3.15. The second kappa shape index (κ2) is 6.78. The van der Waals surface area contributed by atoms with Gasteiger partial charge in [0.25, 0.3) is 0 Å². The molecular formula is C14H20F3N. The first kappa shape index (κ1) is 15.0. The molecule has 1 aromatic rings. The molecule has 0 aliphatic heterocycles. The molecule has 0 amide bonds. The van der Waals surface area contributed by atoms with Crippen molar-refractivity contribution >= 4 is 0 Å². The van der Waals surface area contributed by atoms with Gasteiger partial charge in [-0.2, -0.15) is 13.2 Å². The lowest BCUT2D eigenvalue weighted by Gasteiger charge is -2.19. The predicted molar refractivity (Wildman–Crippen MR) is 67.4 cm³/mol. The Morgan fingerprint density at radius 3 is 2.44 bits per heavy atom. The molecule has 102 valence electrons. The number of benzene rings is 1. The number of unbranched alkanes of at least 4 members (excludes halogenated alkanes) is 2. The molecule has 0 aliphatic rings. The largest absolute Gasteiger partial charge is 0.416 e. The standard InChI is InChI=1S/C14H20F3N/c1-3-4-7-10-18-11(2)12-8-5-6-9-13(12)14(15,16)17/h5-6,8-9,11,18H,3-4,7,10H2,1-2H3. The van der Waals surface area contributed by atoms with Crippen LogP contribution < -0.4 is 5.32 Å². The Kier molecular flexibility index (Phi) is 5.66. The van der Waals surface area contributed by atoms with Gasteiger partial charge in [-0.05, 0) is 31.5 Å². The zero-order valence-electron chi connectivity index (χ0n) is 10.8. The quantitative estimate of drug-likeness (QED) is 0.739. The number of halogens is 3. The topological polar surface area (TPSA) is 12.0 Å². The molecular weight excluding hydrogens is 239 g/mol. The third-order valence-corrected chi connectivity index (χ3v) is 2.96. The maximum atomic E-state index is 12.8. The molecule has 1 unspecified atom stereocenters. The highest BCUT2D eigenvalue weighted by atomic mass is 19.4. The highest BCUT2D eigenvalue weighted by molar-refractivity contribution is 5.31. The van der Waals surface area contributed by atoms with E-state index >= 15 is 0 Å². The van der Waals surface area contributed by atoms with Crippen LogP contribution in [0.4, 0.5) is 13.2 Å². The van der Waals surface area contributed by atoms with Gasteiger partial charge >= 0.3 is 6.18 Å². The molecule has 1 nitrogen and oxygen atoms in total. The second-order valence-corrected chi connectivity index (χ2v) is 4.47. The first-order valence-corrected chi connectivity index (χ1v) is 6.36. The van der Waals surface area contributed by atoms with E-state index in [4.69, 9.17) is 0 Å². The molecule has 0 radical (unpaired) electrons. The summed E-state index contributed by atoms with van der Waals surface area (Å²) in [5.74, 6) is 0. The van der Waals surface area contributed by atoms with Crippen LogP contribution in [0.3, 0.4) is 0 Å². The van der Waals surface area contributed by atoms with E-state index in [1.807, 2.05) is 0 Å². The van der Waals surface area contributed by atoms with Gasteiger partial charge in [0.1, 0.15) is 0 Å². The summed E-state index contributed by atoms with van der Waals surface area (Å²) < 4.78 is 38.5. The second-order valence-electron chi connectivity index (χ2n) is 4.47. The average molecular weight is 259 g/mol. The maximum absolute atomic E-state index is 12.8. The van der Waals surface area contributed by atoms with E-state index in [0.29, 0.717) is 5.56 Å². The number of alkyl halides is 3. The lowest BCUT2D eigenvalue weighted by molar-refractivity contribution is -0.138. The molecule has 18 heavy (non-hydrogen) atoms. The van der Waals surface area contributed by atoms with Crippen LogP contribution >= 0.6 is 0 Å². The van der Waals surface area contributed by atoms with E-state index in [-0.39, 0.29) is 6.04 Å². The maximum Gasteiger partial charge on any atom is 0.416 e. The Morgan fingerprint density at radius 1 is 1.17 bits per heavy atom. The molecule has 1 rings (SSSR count). The van der Waals surface area contributed by atoms with E-state index in [9.17, 15) is 13.2 Å². The Hall–Kier alpha value is -1.03. The van der Waals surface area contributed by atoms with Gasteiger partial charge in [0.15, 0.2) is 0 Å². The number of hydrogen-bond donors (Lipinski definition) is 1. The molecule has 1 atom stereocenters. The number of hydrogen-bond acceptors (Lipinski definition) is 1. The van der Waals surface area contributed by atoms with E-state index in [1.165, 1.54) is 6.07 Å². The van der Waals surface area contributed by atoms with E-state index in [2.05, 4.69) is 12.2 Å². The van der Waals surface area contributed by atoms with Gasteiger partial charge in [-0.15, -0.1) is 0 Å². The van der Waals surface area contributed by atoms with E-state index in [0.717, 1.165) is 31.9 Å². The summed E-state index contributed by atoms with van der Waals surface area (Å²) in [5.41, 5.74) is -0.220. The van der Waals surface area contributed by atoms with Crippen LogP contribution in [-0.2, 0) is 6.18 Å². The Labute approximate surface area is 106 Å². The summed E-state index contributed by atoms with van der Waals surface area (Å²) >= 11 is 0. The summed E-state index contributed by atoms with van der Waals surface area (Å²) in [6.07, 6.45) is -1.08. The van der Waals surface area contributed by atoms with Crippen LogP contribution in [0.5, 0.6) is 0 Å². The minimum atomic E-state index is -4.28. The van der Waals surface area contributed by atoms with Crippen molar-refractivity contribution in [3.63, 3.8) is 0 Å². The molecule has 0 saturated carbocycles. The fraction of sp³-hybridized carbons (Fsp3) is 0.571. The van der Waals surface area contributed by atoms with Crippen molar-refractivity contribution in [1.29, 1.82) is 0 Å². The Balaban J connectivity index is 2.70. The van der Waals surface area contributed by atoms with E-state index in [1.54, 1.807) is 19.1 Å². The lowest BCUT2D eigenvalue weighted by Crippen LogP contribution is -2.22. The van der Waals surface area contributed by atoms with Gasteiger partial charge in [-0.25, -0.2) is 0 Å². The molecule has 0 spiro atoms. The molecule has 0 bridgehead atoms. The van der Waals surface area contributed by atoms with Crippen LogP contribution in [-0.4, -0.2) is 6.54 Å². The number of rotatable bonds is 6. The van der Waals surface area contributed by atoms with Crippen molar-refractivity contribution in [3.8, 4) is 0 Å². The molecule has 0 fully saturated rings. The fourth-order valence-corrected chi connectivity index (χ4v) is 1.94. The van der Waals surface area contributed by atoms with Gasteiger partial charge in [0.2, 0.25) is 0 Å². The SMILES string of the molecule is CCCCCNC(C)c1ccccc1C(F)(F)F. The van der Waals surface area contributed by atoms with Crippen molar-refractivity contribution in [2.45, 2.75) is 45.3 Å². The van der Waals surface area contributed by atoms with Crippen molar-refractivity contribution in [2.24, 2.45) is 0 Å². The first-order chi connectivity index (χ1) is 8.46. The third-order valence-electron chi connectivity index (χ3n) is 2.96. The molecule has 1 aromatic carbocycles. The minimum absolute atomic E-state index is 0.278. The van der Waals surface area contributed by atoms with Crippen LogP contribution in [0.1, 0.15) is 50.3 Å². The smallest absolute Gasteiger partial charge is 0.310 e. The zero-order chi connectivity index (χ0) is 13.6. The number of nitrogens with one attached hydrogen (secondary N) is 1. The van der Waals surface area contributed by atoms with E-state index < -0.39 is 11.7 Å². The minimum Gasteiger partial charge on any atom is -0.310 e. The highest BCUT2D eigenvalue weighted by Gasteiger charge is 2.33. The zero-order valence-corrected chi connectivity index (χ0v) is 10.8. The van der Waals surface area contributed by atoms with Gasteiger partial charge in [0, 0.05) is 6.04 Å². The van der Waals surface area contributed by atoms with Crippen molar-refractivity contribution in [3.05, 3.63) is 35.4 Å². The molecule has 0 saturated heterocycles.